The lowest BCUT2D eigenvalue weighted by atomic mass is 9.63. The van der Waals surface area contributed by atoms with Gasteiger partial charge in [-0.2, -0.15) is 0 Å². The molecule has 31 heavy (non-hydrogen) atoms. The minimum Gasteiger partial charge on any atom is -0.466 e. The number of allylic oxidation sites excluding steroid dienone is 1. The summed E-state index contributed by atoms with van der Waals surface area (Å²) in [6, 6.07) is 17.3. The summed E-state index contributed by atoms with van der Waals surface area (Å²) in [6.07, 6.45) is 1.64. The second kappa shape index (κ2) is 7.50. The smallest absolute Gasteiger partial charge is 0.334 e. The number of carbonyl (C=O) groups is 4. The molecule has 4 rings (SSSR count). The van der Waals surface area contributed by atoms with E-state index in [2.05, 4.69) is 0 Å². The highest BCUT2D eigenvalue weighted by atomic mass is 16.5. The summed E-state index contributed by atoms with van der Waals surface area (Å²) in [5, 5.41) is 0. The maximum absolute atomic E-state index is 13.8. The summed E-state index contributed by atoms with van der Waals surface area (Å²) < 4.78 is 5.03. The number of methoxy groups -OCH3 is 1. The molecular weight excluding hydrogens is 396 g/mol. The average molecular weight is 418 g/mol. The second-order valence-corrected chi connectivity index (χ2v) is 7.73. The molecule has 0 bridgehead atoms. The predicted molar refractivity (Wildman–Crippen MR) is 112 cm³/mol. The molecule has 2 aliphatic rings. The Morgan fingerprint density at radius 3 is 1.81 bits per heavy atom. The van der Waals surface area contributed by atoms with E-state index in [9.17, 15) is 19.2 Å². The highest BCUT2D eigenvalue weighted by molar-refractivity contribution is 6.21. The number of ether oxygens (including phenoxy) is 1. The van der Waals surface area contributed by atoms with Gasteiger partial charge in [0, 0.05) is 31.5 Å². The third-order valence-electron chi connectivity index (χ3n) is 6.21. The van der Waals surface area contributed by atoms with Gasteiger partial charge in [0.1, 0.15) is 0 Å². The van der Waals surface area contributed by atoms with Crippen LogP contribution >= 0.6 is 0 Å². The van der Waals surface area contributed by atoms with Crippen LogP contribution in [0, 0.1) is 5.41 Å². The summed E-state index contributed by atoms with van der Waals surface area (Å²) in [5.74, 6) is -3.57. The van der Waals surface area contributed by atoms with Crippen LogP contribution in [-0.2, 0) is 19.1 Å². The molecule has 1 spiro atoms. The highest BCUT2D eigenvalue weighted by Gasteiger charge is 2.68. The summed E-state index contributed by atoms with van der Waals surface area (Å²) in [5.41, 5.74) is -0.195. The maximum atomic E-state index is 13.8. The van der Waals surface area contributed by atoms with E-state index < -0.39 is 41.1 Å². The molecule has 0 unspecified atom stereocenters. The predicted octanol–water partition coefficient (Wildman–Crippen LogP) is 2.70. The Bertz CT molecular complexity index is 1070. The molecule has 2 atom stereocenters. The molecular formula is C24H22N2O5. The molecule has 1 heterocycles. The lowest BCUT2D eigenvalue weighted by Gasteiger charge is -2.46. The minimum atomic E-state index is -1.73. The first kappa shape index (κ1) is 20.5. The number of imide groups is 2. The number of nitrogens with zero attached hydrogens (tertiary/aromatic N) is 2. The Kier molecular flexibility index (Phi) is 4.97. The van der Waals surface area contributed by atoms with Gasteiger partial charge in [-0.25, -0.2) is 9.59 Å². The molecule has 7 heteroatoms. The lowest BCUT2D eigenvalue weighted by molar-refractivity contribution is -0.158. The number of barbiturate groups is 1. The van der Waals surface area contributed by atoms with Gasteiger partial charge in [-0.15, -0.1) is 0 Å². The van der Waals surface area contributed by atoms with Gasteiger partial charge in [0.05, 0.1) is 7.11 Å². The van der Waals surface area contributed by atoms with Gasteiger partial charge in [0.25, 0.3) is 0 Å². The topological polar surface area (TPSA) is 84.0 Å². The minimum absolute atomic E-state index is 0.223. The number of carbonyl (C=O) groups excluding carboxylic acids is 4. The van der Waals surface area contributed by atoms with Crippen LogP contribution in [0.15, 0.2) is 72.3 Å². The molecule has 2 aromatic rings. The largest absolute Gasteiger partial charge is 0.466 e. The number of rotatable bonds is 3. The molecule has 4 amide bonds. The summed E-state index contributed by atoms with van der Waals surface area (Å²) in [6.45, 7) is 0. The van der Waals surface area contributed by atoms with Crippen LogP contribution in [0.1, 0.15) is 23.0 Å². The standard InChI is InChI=1S/C24H22N2O5/c1-25-21(28)24(22(29)26(2)23(25)30)18(15-10-6-4-7-11-15)14-17(20(27)31-3)19(24)16-12-8-5-9-13-16/h4-14,18-19H,1-3H3/t18-,19-/m0/s1. The van der Waals surface area contributed by atoms with Crippen LogP contribution in [0.3, 0.4) is 0 Å². The summed E-state index contributed by atoms with van der Waals surface area (Å²) in [7, 11) is 3.98. The van der Waals surface area contributed by atoms with Crippen LogP contribution in [0.2, 0.25) is 0 Å². The molecule has 0 N–H and O–H groups in total. The van der Waals surface area contributed by atoms with Gasteiger partial charge >= 0.3 is 12.0 Å². The van der Waals surface area contributed by atoms with Gasteiger partial charge in [-0.05, 0) is 11.1 Å². The van der Waals surface area contributed by atoms with E-state index in [1.165, 1.54) is 21.2 Å². The monoisotopic (exact) mass is 418 g/mol. The van der Waals surface area contributed by atoms with Crippen molar-refractivity contribution in [3.05, 3.63) is 83.4 Å². The lowest BCUT2D eigenvalue weighted by Crippen LogP contribution is -2.65. The maximum Gasteiger partial charge on any atom is 0.334 e. The van der Waals surface area contributed by atoms with Gasteiger partial charge in [0.2, 0.25) is 11.8 Å². The van der Waals surface area contributed by atoms with E-state index in [-0.39, 0.29) is 5.57 Å². The van der Waals surface area contributed by atoms with Crippen molar-refractivity contribution in [3.63, 3.8) is 0 Å². The van der Waals surface area contributed by atoms with Crippen molar-refractivity contribution in [1.82, 2.24) is 9.80 Å². The van der Waals surface area contributed by atoms with Crippen molar-refractivity contribution in [2.75, 3.05) is 21.2 Å². The van der Waals surface area contributed by atoms with E-state index in [4.69, 9.17) is 4.74 Å². The Morgan fingerprint density at radius 1 is 0.839 bits per heavy atom. The van der Waals surface area contributed by atoms with Gasteiger partial charge in [-0.1, -0.05) is 66.7 Å². The molecule has 158 valence electrons. The molecule has 1 aliphatic carbocycles. The summed E-state index contributed by atoms with van der Waals surface area (Å²) >= 11 is 0. The van der Waals surface area contributed by atoms with Crippen molar-refractivity contribution in [3.8, 4) is 0 Å². The average Bonchev–Trinajstić information content (AvgIpc) is 3.18. The van der Waals surface area contributed by atoms with Gasteiger partial charge in [0.15, 0.2) is 5.41 Å². The fourth-order valence-electron chi connectivity index (χ4n) is 4.80. The zero-order valence-corrected chi connectivity index (χ0v) is 17.4. The molecule has 0 radical (unpaired) electrons. The van der Waals surface area contributed by atoms with E-state index in [0.29, 0.717) is 11.1 Å². The fourth-order valence-corrected chi connectivity index (χ4v) is 4.80. The first-order valence-electron chi connectivity index (χ1n) is 9.85. The fraction of sp³-hybridized carbons (Fsp3) is 0.250. The molecule has 1 fully saturated rings. The number of esters is 1. The van der Waals surface area contributed by atoms with Crippen molar-refractivity contribution >= 4 is 23.8 Å². The number of hydrogen-bond donors (Lipinski definition) is 0. The van der Waals surface area contributed by atoms with Crippen molar-refractivity contribution in [2.24, 2.45) is 5.41 Å². The van der Waals surface area contributed by atoms with E-state index in [0.717, 1.165) is 9.80 Å². The van der Waals surface area contributed by atoms with Crippen LogP contribution < -0.4 is 0 Å². The Hall–Kier alpha value is -3.74. The third-order valence-corrected chi connectivity index (χ3v) is 6.21. The van der Waals surface area contributed by atoms with Crippen LogP contribution in [0.5, 0.6) is 0 Å². The van der Waals surface area contributed by atoms with E-state index >= 15 is 0 Å². The zero-order chi connectivity index (χ0) is 22.3. The molecule has 1 saturated heterocycles. The molecule has 0 saturated carbocycles. The zero-order valence-electron chi connectivity index (χ0n) is 17.4. The van der Waals surface area contributed by atoms with Crippen LogP contribution in [-0.4, -0.2) is 54.8 Å². The van der Waals surface area contributed by atoms with Crippen molar-refractivity contribution in [2.45, 2.75) is 11.8 Å². The summed E-state index contributed by atoms with van der Waals surface area (Å²) in [4.78, 5) is 54.9. The Balaban J connectivity index is 2.06. The highest BCUT2D eigenvalue weighted by Crippen LogP contribution is 2.59. The SMILES string of the molecule is COC(=O)C1=C[C@@H](c2ccccc2)C2(C(=O)N(C)C(=O)N(C)C2=O)[C@H]1c1ccccc1. The molecule has 1 aliphatic heterocycles. The number of amides is 4. The molecule has 0 aromatic heterocycles. The Morgan fingerprint density at radius 2 is 1.32 bits per heavy atom. The number of urea groups is 1. The first-order chi connectivity index (χ1) is 14.9. The van der Waals surface area contributed by atoms with E-state index in [1.54, 1.807) is 42.5 Å². The van der Waals surface area contributed by atoms with Crippen molar-refractivity contribution < 1.29 is 23.9 Å². The van der Waals surface area contributed by atoms with Crippen LogP contribution in [0.4, 0.5) is 4.79 Å². The third kappa shape index (κ3) is 2.80. The normalized spacial score (nSPS) is 22.7. The quantitative estimate of drug-likeness (QED) is 0.565. The molecule has 2 aromatic carbocycles. The van der Waals surface area contributed by atoms with Crippen molar-refractivity contribution in [1.29, 1.82) is 0 Å². The number of benzene rings is 2. The van der Waals surface area contributed by atoms with Gasteiger partial charge in [-0.3, -0.25) is 19.4 Å². The second-order valence-electron chi connectivity index (χ2n) is 7.73. The number of hydrogen-bond acceptors (Lipinski definition) is 5. The van der Waals surface area contributed by atoms with E-state index in [1.807, 2.05) is 24.3 Å². The molecule has 7 nitrogen and oxygen atoms in total. The van der Waals surface area contributed by atoms with Crippen LogP contribution in [0.25, 0.3) is 0 Å². The Labute approximate surface area is 179 Å². The van der Waals surface area contributed by atoms with Gasteiger partial charge < -0.3 is 4.74 Å². The first-order valence-corrected chi connectivity index (χ1v) is 9.85.